The fraction of sp³-hybridized carbons (Fsp3) is 0.389. The Morgan fingerprint density at radius 2 is 1.96 bits per heavy atom. The molecule has 0 amide bonds. The van der Waals surface area contributed by atoms with Crippen molar-refractivity contribution in [1.82, 2.24) is 9.97 Å². The summed E-state index contributed by atoms with van der Waals surface area (Å²) in [5.41, 5.74) is 1.03. The van der Waals surface area contributed by atoms with Gasteiger partial charge in [0.15, 0.2) is 0 Å². The van der Waals surface area contributed by atoms with Gasteiger partial charge in [-0.3, -0.25) is 0 Å². The van der Waals surface area contributed by atoms with Crippen molar-refractivity contribution in [2.24, 2.45) is 0 Å². The number of halogens is 1. The summed E-state index contributed by atoms with van der Waals surface area (Å²) in [5, 5.41) is 3.67. The second kappa shape index (κ2) is 8.16. The zero-order chi connectivity index (χ0) is 17.6. The predicted molar refractivity (Wildman–Crippen MR) is 98.8 cm³/mol. The molecule has 1 N–H and O–H groups in total. The summed E-state index contributed by atoms with van der Waals surface area (Å²) in [4.78, 5) is 22.9. The molecule has 6 nitrogen and oxygen atoms in total. The summed E-state index contributed by atoms with van der Waals surface area (Å²) < 4.78 is 4.75. The number of carbonyl (C=O) groups is 1. The van der Waals surface area contributed by atoms with E-state index in [0.29, 0.717) is 28.0 Å². The van der Waals surface area contributed by atoms with E-state index in [9.17, 15) is 4.79 Å². The number of benzene rings is 1. The second-order valence-corrected chi connectivity index (χ2v) is 6.36. The van der Waals surface area contributed by atoms with Gasteiger partial charge in [0.05, 0.1) is 23.4 Å². The molecule has 0 saturated carbocycles. The van der Waals surface area contributed by atoms with E-state index in [1.54, 1.807) is 30.5 Å². The van der Waals surface area contributed by atoms with Gasteiger partial charge in [-0.15, -0.1) is 0 Å². The van der Waals surface area contributed by atoms with Crippen LogP contribution in [0, 0.1) is 0 Å². The van der Waals surface area contributed by atoms with Crippen molar-refractivity contribution in [3.63, 3.8) is 0 Å². The molecule has 132 valence electrons. The summed E-state index contributed by atoms with van der Waals surface area (Å²) in [6, 6.07) is 6.72. The number of nitrogens with zero attached hydrogens (tertiary/aromatic N) is 3. The number of esters is 1. The highest BCUT2D eigenvalue weighted by atomic mass is 35.5. The van der Waals surface area contributed by atoms with Crippen molar-refractivity contribution in [1.29, 1.82) is 0 Å². The first-order valence-electron chi connectivity index (χ1n) is 8.40. The number of hydrogen-bond donors (Lipinski definition) is 1. The third-order valence-corrected chi connectivity index (χ3v) is 4.51. The van der Waals surface area contributed by atoms with Crippen LogP contribution in [-0.2, 0) is 4.74 Å². The SMILES string of the molecule is COC(=O)c1ccc(Cl)c(Nc2ccnc(N3CCCCCC3)n2)c1. The van der Waals surface area contributed by atoms with Gasteiger partial charge in [-0.2, -0.15) is 4.98 Å². The van der Waals surface area contributed by atoms with Crippen molar-refractivity contribution in [2.75, 3.05) is 30.4 Å². The molecular weight excluding hydrogens is 340 g/mol. The zero-order valence-electron chi connectivity index (χ0n) is 14.2. The second-order valence-electron chi connectivity index (χ2n) is 5.95. The maximum absolute atomic E-state index is 11.7. The quantitative estimate of drug-likeness (QED) is 0.830. The van der Waals surface area contributed by atoms with Crippen LogP contribution in [0.1, 0.15) is 36.0 Å². The number of hydrogen-bond acceptors (Lipinski definition) is 6. The minimum Gasteiger partial charge on any atom is -0.465 e. The molecule has 0 aliphatic carbocycles. The van der Waals surface area contributed by atoms with Gasteiger partial charge in [0.25, 0.3) is 0 Å². The van der Waals surface area contributed by atoms with Crippen LogP contribution < -0.4 is 10.2 Å². The molecule has 7 heteroatoms. The molecule has 2 aromatic rings. The number of methoxy groups -OCH3 is 1. The Labute approximate surface area is 152 Å². The first-order chi connectivity index (χ1) is 12.2. The Morgan fingerprint density at radius 3 is 2.68 bits per heavy atom. The fourth-order valence-electron chi connectivity index (χ4n) is 2.84. The van der Waals surface area contributed by atoms with Gasteiger partial charge in [-0.05, 0) is 37.1 Å². The summed E-state index contributed by atoms with van der Waals surface area (Å²) in [6.45, 7) is 1.95. The van der Waals surface area contributed by atoms with Crippen LogP contribution in [0.5, 0.6) is 0 Å². The van der Waals surface area contributed by atoms with E-state index in [1.165, 1.54) is 20.0 Å². The highest BCUT2D eigenvalue weighted by Gasteiger charge is 2.14. The number of aromatic nitrogens is 2. The first-order valence-corrected chi connectivity index (χ1v) is 8.78. The fourth-order valence-corrected chi connectivity index (χ4v) is 3.01. The zero-order valence-corrected chi connectivity index (χ0v) is 14.9. The molecule has 1 saturated heterocycles. The molecule has 0 bridgehead atoms. The third kappa shape index (κ3) is 4.39. The lowest BCUT2D eigenvalue weighted by Gasteiger charge is -2.20. The van der Waals surface area contributed by atoms with Crippen molar-refractivity contribution in [2.45, 2.75) is 25.7 Å². The number of rotatable bonds is 4. The molecule has 2 heterocycles. The molecule has 0 unspecified atom stereocenters. The van der Waals surface area contributed by atoms with Crippen LogP contribution in [0.2, 0.25) is 5.02 Å². The number of ether oxygens (including phenoxy) is 1. The van der Waals surface area contributed by atoms with E-state index in [1.807, 2.05) is 0 Å². The van der Waals surface area contributed by atoms with Crippen molar-refractivity contribution >= 4 is 35.0 Å². The number of carbonyl (C=O) groups excluding carboxylic acids is 1. The average molecular weight is 361 g/mol. The lowest BCUT2D eigenvalue weighted by Crippen LogP contribution is -2.26. The monoisotopic (exact) mass is 360 g/mol. The summed E-state index contributed by atoms with van der Waals surface area (Å²) in [6.07, 6.45) is 6.56. The predicted octanol–water partition coefficient (Wildman–Crippen LogP) is 4.04. The average Bonchev–Trinajstić information content (AvgIpc) is 2.92. The van der Waals surface area contributed by atoms with Gasteiger partial charge in [-0.1, -0.05) is 24.4 Å². The summed E-state index contributed by atoms with van der Waals surface area (Å²) in [5.74, 6) is 0.943. The van der Waals surface area contributed by atoms with Gasteiger partial charge >= 0.3 is 5.97 Å². The highest BCUT2D eigenvalue weighted by molar-refractivity contribution is 6.33. The van der Waals surface area contributed by atoms with Gasteiger partial charge in [0.2, 0.25) is 5.95 Å². The minimum absolute atomic E-state index is 0.410. The van der Waals surface area contributed by atoms with Crippen LogP contribution in [0.15, 0.2) is 30.5 Å². The molecule has 1 aromatic heterocycles. The molecule has 1 aliphatic rings. The van der Waals surface area contributed by atoms with E-state index in [-0.39, 0.29) is 0 Å². The van der Waals surface area contributed by atoms with E-state index < -0.39 is 5.97 Å². The van der Waals surface area contributed by atoms with Crippen molar-refractivity contribution in [3.8, 4) is 0 Å². The molecule has 0 radical (unpaired) electrons. The molecular formula is C18H21ClN4O2. The minimum atomic E-state index is -0.410. The van der Waals surface area contributed by atoms with Gasteiger partial charge in [-0.25, -0.2) is 9.78 Å². The largest absolute Gasteiger partial charge is 0.465 e. The topological polar surface area (TPSA) is 67.3 Å². The molecule has 3 rings (SSSR count). The van der Waals surface area contributed by atoms with Crippen LogP contribution in [0.3, 0.4) is 0 Å². The molecule has 1 aromatic carbocycles. The summed E-state index contributed by atoms with van der Waals surface area (Å²) >= 11 is 6.24. The number of nitrogens with one attached hydrogen (secondary N) is 1. The molecule has 25 heavy (non-hydrogen) atoms. The Hall–Kier alpha value is -2.34. The first kappa shape index (κ1) is 17.5. The van der Waals surface area contributed by atoms with Gasteiger partial charge in [0, 0.05) is 19.3 Å². The lowest BCUT2D eigenvalue weighted by molar-refractivity contribution is 0.0601. The highest BCUT2D eigenvalue weighted by Crippen LogP contribution is 2.27. The Kier molecular flexibility index (Phi) is 5.71. The van der Waals surface area contributed by atoms with Gasteiger partial charge in [0.1, 0.15) is 5.82 Å². The van der Waals surface area contributed by atoms with Crippen LogP contribution in [0.25, 0.3) is 0 Å². The molecule has 0 atom stereocenters. The van der Waals surface area contributed by atoms with Crippen LogP contribution in [0.4, 0.5) is 17.5 Å². The normalized spacial score (nSPS) is 14.7. The Morgan fingerprint density at radius 1 is 1.20 bits per heavy atom. The van der Waals surface area contributed by atoms with E-state index in [2.05, 4.69) is 20.2 Å². The molecule has 0 spiro atoms. The van der Waals surface area contributed by atoms with Crippen LogP contribution >= 0.6 is 11.6 Å². The maximum Gasteiger partial charge on any atom is 0.337 e. The molecule has 1 fully saturated rings. The maximum atomic E-state index is 11.7. The Bertz CT molecular complexity index is 746. The third-order valence-electron chi connectivity index (χ3n) is 4.18. The Balaban J connectivity index is 1.81. The van der Waals surface area contributed by atoms with E-state index in [4.69, 9.17) is 16.3 Å². The van der Waals surface area contributed by atoms with E-state index in [0.717, 1.165) is 25.9 Å². The molecule has 1 aliphatic heterocycles. The van der Waals surface area contributed by atoms with Gasteiger partial charge < -0.3 is 15.0 Å². The lowest BCUT2D eigenvalue weighted by atomic mass is 10.2. The van der Waals surface area contributed by atoms with E-state index >= 15 is 0 Å². The summed E-state index contributed by atoms with van der Waals surface area (Å²) in [7, 11) is 1.35. The van der Waals surface area contributed by atoms with Crippen LogP contribution in [-0.4, -0.2) is 36.1 Å². The number of anilines is 3. The smallest absolute Gasteiger partial charge is 0.337 e. The van der Waals surface area contributed by atoms with Crippen molar-refractivity contribution in [3.05, 3.63) is 41.0 Å². The standard InChI is InChI=1S/C18H21ClN4O2/c1-25-17(24)13-6-7-14(19)15(12-13)21-16-8-9-20-18(22-16)23-10-4-2-3-5-11-23/h6-9,12H,2-5,10-11H2,1H3,(H,20,21,22). The van der Waals surface area contributed by atoms with Crippen molar-refractivity contribution < 1.29 is 9.53 Å².